The second kappa shape index (κ2) is 13.3. The van der Waals surface area contributed by atoms with Crippen molar-refractivity contribution in [2.75, 3.05) is 24.5 Å². The minimum Gasteiger partial charge on any atom is -0.481 e. The Kier molecular flexibility index (Phi) is 9.82. The number of thioether (sulfide) groups is 1. The minimum absolute atomic E-state index is 0.00243. The third-order valence-corrected chi connectivity index (χ3v) is 8.94. The van der Waals surface area contributed by atoms with E-state index < -0.39 is 5.97 Å². The summed E-state index contributed by atoms with van der Waals surface area (Å²) in [6.45, 7) is 5.81. The van der Waals surface area contributed by atoms with Crippen molar-refractivity contribution in [1.29, 1.82) is 5.26 Å². The monoisotopic (exact) mass is 578 g/mol. The fourth-order valence-electron chi connectivity index (χ4n) is 5.34. The molecule has 8 nitrogen and oxygen atoms in total. The highest BCUT2D eigenvalue weighted by Crippen LogP contribution is 2.37. The van der Waals surface area contributed by atoms with Crippen molar-refractivity contribution >= 4 is 52.1 Å². The van der Waals surface area contributed by atoms with Gasteiger partial charge < -0.3 is 10.0 Å². The van der Waals surface area contributed by atoms with Gasteiger partial charge >= 0.3 is 5.97 Å². The SMILES string of the molecule is CCCCn1c(N2CCC(Cc3ccccc3)CC2)c(C=C2SC(=S)N(CCC(=O)O)C2=O)c(C)c(C#N)c1=O. The molecule has 2 aromatic rings. The zero-order chi connectivity index (χ0) is 28.8. The van der Waals surface area contributed by atoms with Crippen LogP contribution in [0.3, 0.4) is 0 Å². The molecule has 2 fully saturated rings. The van der Waals surface area contributed by atoms with Crippen LogP contribution in [0.25, 0.3) is 6.08 Å². The molecule has 40 heavy (non-hydrogen) atoms. The Balaban J connectivity index is 1.73. The first-order valence-corrected chi connectivity index (χ1v) is 14.9. The van der Waals surface area contributed by atoms with Gasteiger partial charge in [-0.1, -0.05) is 67.7 Å². The van der Waals surface area contributed by atoms with Crippen LogP contribution in [0.15, 0.2) is 40.0 Å². The van der Waals surface area contributed by atoms with Crippen molar-refractivity contribution in [1.82, 2.24) is 9.47 Å². The van der Waals surface area contributed by atoms with Gasteiger partial charge in [-0.25, -0.2) is 0 Å². The number of aliphatic carboxylic acids is 1. The first-order valence-electron chi connectivity index (χ1n) is 13.7. The molecular weight excluding hydrogens is 544 g/mol. The van der Waals surface area contributed by atoms with Gasteiger partial charge in [-0.2, -0.15) is 5.26 Å². The lowest BCUT2D eigenvalue weighted by molar-refractivity contribution is -0.137. The lowest BCUT2D eigenvalue weighted by Gasteiger charge is -2.36. The number of nitrogens with zero attached hydrogens (tertiary/aromatic N) is 4. The quantitative estimate of drug-likeness (QED) is 0.311. The van der Waals surface area contributed by atoms with Crippen molar-refractivity contribution in [2.45, 2.75) is 58.9 Å². The number of carboxylic acids is 1. The first kappa shape index (κ1) is 29.6. The van der Waals surface area contributed by atoms with Gasteiger partial charge in [0.2, 0.25) is 0 Å². The molecule has 0 spiro atoms. The molecule has 0 bridgehead atoms. The highest BCUT2D eigenvalue weighted by Gasteiger charge is 2.34. The lowest BCUT2D eigenvalue weighted by Crippen LogP contribution is -2.40. The average Bonchev–Trinajstić information content (AvgIpc) is 3.21. The van der Waals surface area contributed by atoms with Crippen LogP contribution in [0.1, 0.15) is 61.3 Å². The van der Waals surface area contributed by atoms with E-state index in [-0.39, 0.29) is 30.0 Å². The normalized spacial score (nSPS) is 17.1. The summed E-state index contributed by atoms with van der Waals surface area (Å²) in [6, 6.07) is 12.6. The molecule has 0 atom stereocenters. The van der Waals surface area contributed by atoms with Gasteiger partial charge in [-0.3, -0.25) is 23.9 Å². The summed E-state index contributed by atoms with van der Waals surface area (Å²) in [7, 11) is 0. The summed E-state index contributed by atoms with van der Waals surface area (Å²) < 4.78 is 2.02. The largest absolute Gasteiger partial charge is 0.481 e. The van der Waals surface area contributed by atoms with Crippen LogP contribution in [0.5, 0.6) is 0 Å². The van der Waals surface area contributed by atoms with Crippen molar-refractivity contribution in [3.8, 4) is 6.07 Å². The Labute approximate surface area is 244 Å². The van der Waals surface area contributed by atoms with Crippen LogP contribution < -0.4 is 10.5 Å². The number of piperidine rings is 1. The topological polar surface area (TPSA) is 107 Å². The van der Waals surface area contributed by atoms with Gasteiger partial charge in [0.25, 0.3) is 11.5 Å². The van der Waals surface area contributed by atoms with Gasteiger partial charge in [0, 0.05) is 31.7 Å². The molecule has 1 aromatic carbocycles. The van der Waals surface area contributed by atoms with Crippen LogP contribution in [0, 0.1) is 24.2 Å². The molecule has 1 amide bonds. The average molecular weight is 579 g/mol. The number of hydrogen-bond donors (Lipinski definition) is 1. The number of carboxylic acid groups (broad SMARTS) is 1. The summed E-state index contributed by atoms with van der Waals surface area (Å²) in [5, 5.41) is 19.0. The van der Waals surface area contributed by atoms with Crippen LogP contribution in [-0.2, 0) is 22.6 Å². The van der Waals surface area contributed by atoms with Crippen molar-refractivity contribution < 1.29 is 14.7 Å². The highest BCUT2D eigenvalue weighted by molar-refractivity contribution is 8.26. The summed E-state index contributed by atoms with van der Waals surface area (Å²) >= 11 is 6.51. The van der Waals surface area contributed by atoms with E-state index in [1.165, 1.54) is 10.5 Å². The molecule has 10 heteroatoms. The second-order valence-corrected chi connectivity index (χ2v) is 11.9. The number of nitriles is 1. The number of amides is 1. The molecule has 0 radical (unpaired) electrons. The van der Waals surface area contributed by atoms with Crippen LogP contribution in [0.2, 0.25) is 0 Å². The van der Waals surface area contributed by atoms with Crippen LogP contribution in [0.4, 0.5) is 5.82 Å². The third-order valence-electron chi connectivity index (χ3n) is 7.56. The van der Waals surface area contributed by atoms with E-state index in [4.69, 9.17) is 17.3 Å². The van der Waals surface area contributed by atoms with Crippen LogP contribution >= 0.6 is 24.0 Å². The van der Waals surface area contributed by atoms with E-state index in [0.717, 1.165) is 62.8 Å². The van der Waals surface area contributed by atoms with Crippen molar-refractivity contribution in [3.05, 3.63) is 67.8 Å². The maximum atomic E-state index is 13.5. The molecule has 1 aromatic heterocycles. The molecule has 2 aliphatic heterocycles. The van der Waals surface area contributed by atoms with E-state index in [0.29, 0.717) is 32.8 Å². The minimum atomic E-state index is -1.01. The number of pyridine rings is 1. The predicted molar refractivity (Wildman–Crippen MR) is 162 cm³/mol. The zero-order valence-corrected chi connectivity index (χ0v) is 24.5. The van der Waals surface area contributed by atoms with E-state index in [1.807, 2.05) is 6.07 Å². The summed E-state index contributed by atoms with van der Waals surface area (Å²) in [4.78, 5) is 41.8. The maximum absolute atomic E-state index is 13.5. The fraction of sp³-hybridized carbons (Fsp3) is 0.433. The number of rotatable bonds is 10. The molecule has 2 aliphatic rings. The van der Waals surface area contributed by atoms with E-state index >= 15 is 0 Å². The molecule has 3 heterocycles. The molecule has 1 N–H and O–H groups in total. The summed E-state index contributed by atoms with van der Waals surface area (Å²) in [6.07, 6.45) is 6.14. The van der Waals surface area contributed by atoms with Crippen LogP contribution in [-0.4, -0.2) is 50.4 Å². The number of benzene rings is 1. The molecule has 0 saturated carbocycles. The maximum Gasteiger partial charge on any atom is 0.305 e. The molecule has 0 unspecified atom stereocenters. The van der Waals surface area contributed by atoms with E-state index in [2.05, 4.69) is 42.2 Å². The molecule has 2 saturated heterocycles. The van der Waals surface area contributed by atoms with Gasteiger partial charge in [0.05, 0.1) is 11.3 Å². The lowest BCUT2D eigenvalue weighted by atomic mass is 9.90. The number of hydrogen-bond acceptors (Lipinski definition) is 7. The number of thiocarbonyl (C=S) groups is 1. The summed E-state index contributed by atoms with van der Waals surface area (Å²) in [5.74, 6) is -0.0896. The number of anilines is 1. The highest BCUT2D eigenvalue weighted by atomic mass is 32.2. The zero-order valence-electron chi connectivity index (χ0n) is 22.9. The molecule has 4 rings (SSSR count). The third kappa shape index (κ3) is 6.48. The predicted octanol–water partition coefficient (Wildman–Crippen LogP) is 4.96. The smallest absolute Gasteiger partial charge is 0.305 e. The van der Waals surface area contributed by atoms with Gasteiger partial charge in [0.15, 0.2) is 0 Å². The van der Waals surface area contributed by atoms with Crippen molar-refractivity contribution in [3.63, 3.8) is 0 Å². The number of aromatic nitrogens is 1. The Morgan fingerprint density at radius 1 is 1.20 bits per heavy atom. The number of carbonyl (C=O) groups excluding carboxylic acids is 1. The fourth-order valence-corrected chi connectivity index (χ4v) is 6.63. The van der Waals surface area contributed by atoms with Gasteiger partial charge in [0.1, 0.15) is 21.8 Å². The van der Waals surface area contributed by atoms with E-state index in [1.54, 1.807) is 17.6 Å². The van der Waals surface area contributed by atoms with Gasteiger partial charge in [-0.05, 0) is 55.7 Å². The molecule has 210 valence electrons. The Morgan fingerprint density at radius 3 is 2.52 bits per heavy atom. The summed E-state index contributed by atoms with van der Waals surface area (Å²) in [5.41, 5.74) is 2.30. The number of unbranched alkanes of at least 4 members (excludes halogenated alkanes) is 1. The standard InChI is InChI=1S/C30H34N4O4S2/c1-3-4-13-33-27(32-14-10-22(11-15-32)17-21-8-6-5-7-9-21)23(20(2)24(19-31)28(33)37)18-25-29(38)34(30(39)40-25)16-12-26(35)36/h5-9,18,22H,3-4,10-17H2,1-2H3,(H,35,36). The first-order chi connectivity index (χ1) is 19.2. The molecule has 0 aliphatic carbocycles. The Morgan fingerprint density at radius 2 is 1.90 bits per heavy atom. The molecular formula is C30H34N4O4S2. The Hall–Kier alpha value is -3.42. The number of carbonyl (C=O) groups is 2. The second-order valence-electron chi connectivity index (χ2n) is 10.3. The van der Waals surface area contributed by atoms with Crippen molar-refractivity contribution in [2.24, 2.45) is 5.92 Å². The van der Waals surface area contributed by atoms with E-state index in [9.17, 15) is 19.6 Å². The van der Waals surface area contributed by atoms with Gasteiger partial charge in [-0.15, -0.1) is 0 Å². The Bertz CT molecular complexity index is 1420.